The fourth-order valence-electron chi connectivity index (χ4n) is 2.85. The Kier molecular flexibility index (Phi) is 5.27. The lowest BCUT2D eigenvalue weighted by molar-refractivity contribution is 0.696. The maximum absolute atomic E-state index is 12.8. The topological polar surface area (TPSA) is 69.8 Å². The predicted molar refractivity (Wildman–Crippen MR) is 105 cm³/mol. The molecule has 2 aromatic heterocycles. The zero-order valence-electron chi connectivity index (χ0n) is 15.4. The molecule has 0 spiro atoms. The lowest BCUT2D eigenvalue weighted by atomic mass is 10.2. The number of nitrogens with zero attached hydrogens (tertiary/aromatic N) is 4. The van der Waals surface area contributed by atoms with Crippen molar-refractivity contribution in [2.45, 2.75) is 37.0 Å². The monoisotopic (exact) mass is 370 g/mol. The van der Waals surface area contributed by atoms with Crippen LogP contribution < -0.4 is 11.2 Å². The van der Waals surface area contributed by atoms with E-state index < -0.39 is 0 Å². The molecule has 2 heterocycles. The first kappa shape index (κ1) is 18.4. The average Bonchev–Trinajstić information content (AvgIpc) is 2.65. The minimum atomic E-state index is -0.379. The van der Waals surface area contributed by atoms with Gasteiger partial charge in [0.05, 0.1) is 0 Å². The van der Waals surface area contributed by atoms with Crippen molar-refractivity contribution in [1.29, 1.82) is 0 Å². The SMILES string of the molecule is CCCc1nc(S[C@@H](C)c2ccccc2)c2c(=O)n(C)c(=O)n(C)c2n1. The molecular weight excluding hydrogens is 348 g/mol. The van der Waals surface area contributed by atoms with Gasteiger partial charge in [-0.2, -0.15) is 0 Å². The number of hydrogen-bond donors (Lipinski definition) is 0. The smallest absolute Gasteiger partial charge is 0.280 e. The van der Waals surface area contributed by atoms with Crippen molar-refractivity contribution in [3.8, 4) is 0 Å². The van der Waals surface area contributed by atoms with E-state index in [9.17, 15) is 9.59 Å². The Bertz CT molecular complexity index is 1060. The van der Waals surface area contributed by atoms with Gasteiger partial charge in [-0.1, -0.05) is 49.0 Å². The molecule has 3 rings (SSSR count). The number of fused-ring (bicyclic) bond motifs is 1. The highest BCUT2D eigenvalue weighted by atomic mass is 32.2. The molecule has 0 fully saturated rings. The van der Waals surface area contributed by atoms with Crippen molar-refractivity contribution in [2.24, 2.45) is 14.1 Å². The fourth-order valence-corrected chi connectivity index (χ4v) is 3.93. The van der Waals surface area contributed by atoms with Crippen molar-refractivity contribution in [3.05, 3.63) is 62.6 Å². The maximum atomic E-state index is 12.8. The third-order valence-electron chi connectivity index (χ3n) is 4.34. The van der Waals surface area contributed by atoms with Crippen molar-refractivity contribution >= 4 is 22.8 Å². The molecule has 1 atom stereocenters. The molecule has 1 aromatic carbocycles. The van der Waals surface area contributed by atoms with Crippen LogP contribution in [0.25, 0.3) is 11.0 Å². The second-order valence-electron chi connectivity index (χ2n) is 6.27. The van der Waals surface area contributed by atoms with Crippen molar-refractivity contribution < 1.29 is 0 Å². The molecule has 0 saturated carbocycles. The Morgan fingerprint density at radius 3 is 2.42 bits per heavy atom. The van der Waals surface area contributed by atoms with Gasteiger partial charge < -0.3 is 0 Å². The summed E-state index contributed by atoms with van der Waals surface area (Å²) < 4.78 is 2.54. The number of aryl methyl sites for hydroxylation is 2. The van der Waals surface area contributed by atoms with Crippen LogP contribution in [0.15, 0.2) is 44.9 Å². The summed E-state index contributed by atoms with van der Waals surface area (Å²) >= 11 is 1.52. The van der Waals surface area contributed by atoms with Gasteiger partial charge in [0.1, 0.15) is 16.2 Å². The van der Waals surface area contributed by atoms with Gasteiger partial charge >= 0.3 is 5.69 Å². The molecule has 0 amide bonds. The number of thioether (sulfide) groups is 1. The molecule has 6 nitrogen and oxygen atoms in total. The van der Waals surface area contributed by atoms with Crippen LogP contribution in [0.5, 0.6) is 0 Å². The summed E-state index contributed by atoms with van der Waals surface area (Å²) in [5.74, 6) is 0.658. The van der Waals surface area contributed by atoms with E-state index >= 15 is 0 Å². The molecule has 0 aliphatic rings. The molecule has 0 saturated heterocycles. The first-order valence-corrected chi connectivity index (χ1v) is 9.50. The van der Waals surface area contributed by atoms with E-state index in [0.29, 0.717) is 28.3 Å². The van der Waals surface area contributed by atoms with Crippen LogP contribution in [0.3, 0.4) is 0 Å². The van der Waals surface area contributed by atoms with Gasteiger partial charge in [-0.25, -0.2) is 14.8 Å². The number of hydrogen-bond acceptors (Lipinski definition) is 5. The number of benzene rings is 1. The molecule has 3 aromatic rings. The standard InChI is InChI=1S/C19H22N4O2S/c1-5-9-14-20-16-15(18(24)23(4)19(25)22(16)3)17(21-14)26-12(2)13-10-7-6-8-11-13/h6-8,10-12H,5,9H2,1-4H3/t12-/m0/s1. The molecule has 26 heavy (non-hydrogen) atoms. The van der Waals surface area contributed by atoms with Gasteiger partial charge in [-0.05, 0) is 18.9 Å². The van der Waals surface area contributed by atoms with E-state index in [0.717, 1.165) is 16.6 Å². The highest BCUT2D eigenvalue weighted by Gasteiger charge is 2.19. The van der Waals surface area contributed by atoms with Crippen LogP contribution in [-0.4, -0.2) is 19.1 Å². The molecule has 0 N–H and O–H groups in total. The number of rotatable bonds is 5. The minimum absolute atomic E-state index is 0.116. The van der Waals surface area contributed by atoms with E-state index in [1.54, 1.807) is 7.05 Å². The summed E-state index contributed by atoms with van der Waals surface area (Å²) in [5.41, 5.74) is 0.826. The van der Waals surface area contributed by atoms with Gasteiger partial charge in [0.2, 0.25) is 0 Å². The predicted octanol–water partition coefficient (Wildman–Crippen LogP) is 2.83. The summed E-state index contributed by atoms with van der Waals surface area (Å²) in [5, 5.41) is 1.15. The van der Waals surface area contributed by atoms with Crippen LogP contribution >= 0.6 is 11.8 Å². The highest BCUT2D eigenvalue weighted by Crippen LogP contribution is 2.35. The normalized spacial score (nSPS) is 12.5. The van der Waals surface area contributed by atoms with Gasteiger partial charge in [-0.15, -0.1) is 0 Å². The zero-order chi connectivity index (χ0) is 18.8. The average molecular weight is 370 g/mol. The Morgan fingerprint density at radius 1 is 1.08 bits per heavy atom. The summed E-state index contributed by atoms with van der Waals surface area (Å²) in [4.78, 5) is 34.2. The second kappa shape index (κ2) is 7.45. The van der Waals surface area contributed by atoms with Crippen LogP contribution in [0.1, 0.15) is 36.9 Å². The van der Waals surface area contributed by atoms with Gasteiger partial charge in [0, 0.05) is 25.8 Å². The van der Waals surface area contributed by atoms with E-state index in [4.69, 9.17) is 0 Å². The molecule has 136 valence electrons. The molecule has 7 heteroatoms. The molecule has 0 radical (unpaired) electrons. The van der Waals surface area contributed by atoms with Crippen molar-refractivity contribution in [2.75, 3.05) is 0 Å². The van der Waals surface area contributed by atoms with E-state index in [-0.39, 0.29) is 16.5 Å². The third kappa shape index (κ3) is 3.31. The molecule has 0 bridgehead atoms. The summed E-state index contributed by atoms with van der Waals surface area (Å²) in [6.07, 6.45) is 1.59. The first-order valence-electron chi connectivity index (χ1n) is 8.62. The minimum Gasteiger partial charge on any atom is -0.280 e. The van der Waals surface area contributed by atoms with Crippen molar-refractivity contribution in [3.63, 3.8) is 0 Å². The van der Waals surface area contributed by atoms with Crippen LogP contribution in [-0.2, 0) is 20.5 Å². The van der Waals surface area contributed by atoms with Crippen LogP contribution in [0, 0.1) is 0 Å². The molecular formula is C19H22N4O2S. The largest absolute Gasteiger partial charge is 0.332 e. The molecule has 0 aliphatic carbocycles. The van der Waals surface area contributed by atoms with E-state index in [2.05, 4.69) is 35.9 Å². The third-order valence-corrected chi connectivity index (χ3v) is 5.49. The molecule has 0 aliphatic heterocycles. The van der Waals surface area contributed by atoms with Crippen LogP contribution in [0.2, 0.25) is 0 Å². The zero-order valence-corrected chi connectivity index (χ0v) is 16.2. The quantitative estimate of drug-likeness (QED) is 0.510. The van der Waals surface area contributed by atoms with E-state index in [1.807, 2.05) is 18.2 Å². The Hall–Kier alpha value is -2.41. The summed E-state index contributed by atoms with van der Waals surface area (Å²) in [6.45, 7) is 4.13. The lowest BCUT2D eigenvalue weighted by Crippen LogP contribution is -2.37. The highest BCUT2D eigenvalue weighted by molar-refractivity contribution is 7.99. The van der Waals surface area contributed by atoms with Gasteiger partial charge in [-0.3, -0.25) is 13.9 Å². The number of aromatic nitrogens is 4. The lowest BCUT2D eigenvalue weighted by Gasteiger charge is -2.15. The Balaban J connectivity index is 2.22. The Labute approximate surface area is 155 Å². The maximum Gasteiger partial charge on any atom is 0.332 e. The van der Waals surface area contributed by atoms with Gasteiger partial charge in [0.15, 0.2) is 5.65 Å². The summed E-state index contributed by atoms with van der Waals surface area (Å²) in [6, 6.07) is 10.1. The summed E-state index contributed by atoms with van der Waals surface area (Å²) in [7, 11) is 3.13. The second-order valence-corrected chi connectivity index (χ2v) is 7.60. The fraction of sp³-hybridized carbons (Fsp3) is 0.368. The van der Waals surface area contributed by atoms with E-state index in [1.165, 1.54) is 23.4 Å². The molecule has 0 unspecified atom stereocenters. The van der Waals surface area contributed by atoms with Crippen LogP contribution in [0.4, 0.5) is 0 Å². The van der Waals surface area contributed by atoms with Crippen molar-refractivity contribution in [1.82, 2.24) is 19.1 Å². The first-order chi connectivity index (χ1) is 12.4. The Morgan fingerprint density at radius 2 is 1.77 bits per heavy atom. The van der Waals surface area contributed by atoms with Gasteiger partial charge in [0.25, 0.3) is 5.56 Å².